The second-order valence-electron chi connectivity index (χ2n) is 2.38. The molecule has 6 nitrogen and oxygen atoms in total. The van der Waals surface area contributed by atoms with E-state index in [0.717, 1.165) is 6.20 Å². The summed E-state index contributed by atoms with van der Waals surface area (Å²) in [5, 5.41) is 0.569. The Morgan fingerprint density at radius 1 is 1.43 bits per heavy atom. The second kappa shape index (κ2) is 4.68. The molecule has 0 rings (SSSR count). The van der Waals surface area contributed by atoms with Gasteiger partial charge < -0.3 is 5.32 Å². The molecule has 78 valence electrons. The van der Waals surface area contributed by atoms with Crippen LogP contribution in [0.4, 0.5) is 0 Å². The fraction of sp³-hybridized carbons (Fsp3) is 0.143. The predicted octanol–water partition coefficient (Wildman–Crippen LogP) is -0.393. The van der Waals surface area contributed by atoms with Crippen molar-refractivity contribution in [2.75, 3.05) is 0 Å². The molecule has 0 heterocycles. The van der Waals surface area contributed by atoms with Crippen LogP contribution in [-0.4, -0.2) is 24.0 Å². The van der Waals surface area contributed by atoms with E-state index in [1.807, 2.05) is 0 Å². The van der Waals surface area contributed by atoms with Gasteiger partial charge >= 0.3 is 10.1 Å². The summed E-state index contributed by atoms with van der Waals surface area (Å²) in [4.78, 5) is 21.3. The molecule has 0 radical (unpaired) electrons. The van der Waals surface area contributed by atoms with Gasteiger partial charge in [-0.1, -0.05) is 6.58 Å². The Bertz CT molecular complexity index is 392. The van der Waals surface area contributed by atoms with E-state index in [0.29, 0.717) is 6.08 Å². The van der Waals surface area contributed by atoms with Gasteiger partial charge in [0.05, 0.1) is 0 Å². The van der Waals surface area contributed by atoms with Crippen LogP contribution in [-0.2, 0) is 19.7 Å². The van der Waals surface area contributed by atoms with Crippen molar-refractivity contribution in [1.82, 2.24) is 5.32 Å². The minimum Gasteiger partial charge on any atom is -0.329 e. The first-order chi connectivity index (χ1) is 6.25. The van der Waals surface area contributed by atoms with Crippen LogP contribution >= 0.6 is 0 Å². The number of rotatable bonds is 3. The lowest BCUT2D eigenvalue weighted by Crippen LogP contribution is -2.18. The van der Waals surface area contributed by atoms with E-state index in [9.17, 15) is 18.0 Å². The van der Waals surface area contributed by atoms with E-state index in [2.05, 4.69) is 11.9 Å². The van der Waals surface area contributed by atoms with Gasteiger partial charge in [0.2, 0.25) is 5.91 Å². The number of carbonyl (C=O) groups is 2. The van der Waals surface area contributed by atoms with Crippen LogP contribution in [0.1, 0.15) is 6.92 Å². The van der Waals surface area contributed by atoms with E-state index in [-0.39, 0.29) is 5.57 Å². The average molecular weight is 219 g/mol. The molecule has 0 aromatic heterocycles. The zero-order valence-electron chi connectivity index (χ0n) is 7.35. The Hall–Kier alpha value is -1.47. The van der Waals surface area contributed by atoms with Crippen molar-refractivity contribution in [3.8, 4) is 0 Å². The Morgan fingerprint density at radius 2 is 1.93 bits per heavy atom. The molecule has 0 aliphatic rings. The summed E-state index contributed by atoms with van der Waals surface area (Å²) in [6.45, 7) is 4.74. The van der Waals surface area contributed by atoms with Crippen molar-refractivity contribution in [1.29, 1.82) is 0 Å². The van der Waals surface area contributed by atoms with Crippen molar-refractivity contribution in [2.24, 2.45) is 0 Å². The standard InChI is InChI=1S/C7H9NO5S/c1-5(2)7(10)8-4-3-6(9)14(11,12)13/h3-4H,1H2,2H3,(H,8,10)(H,11,12,13). The number of amides is 1. The largest absolute Gasteiger partial charge is 0.332 e. The highest BCUT2D eigenvalue weighted by atomic mass is 32.2. The molecule has 0 bridgehead atoms. The van der Waals surface area contributed by atoms with Gasteiger partial charge in [-0.3, -0.25) is 14.1 Å². The van der Waals surface area contributed by atoms with Gasteiger partial charge in [0, 0.05) is 17.8 Å². The molecular weight excluding hydrogens is 210 g/mol. The monoisotopic (exact) mass is 219 g/mol. The zero-order chi connectivity index (χ0) is 11.4. The second-order valence-corrected chi connectivity index (χ2v) is 3.73. The molecule has 0 unspecified atom stereocenters. The van der Waals surface area contributed by atoms with E-state index in [1.165, 1.54) is 6.92 Å². The van der Waals surface area contributed by atoms with Crippen LogP contribution in [0.5, 0.6) is 0 Å². The Morgan fingerprint density at radius 3 is 2.29 bits per heavy atom. The van der Waals surface area contributed by atoms with Crippen molar-refractivity contribution < 1.29 is 22.6 Å². The number of hydrogen-bond donors (Lipinski definition) is 2. The highest BCUT2D eigenvalue weighted by Gasteiger charge is 2.13. The minimum atomic E-state index is -4.72. The quantitative estimate of drug-likeness (QED) is 0.497. The molecule has 0 aromatic carbocycles. The minimum absolute atomic E-state index is 0.203. The summed E-state index contributed by atoms with van der Waals surface area (Å²) in [5.41, 5.74) is 0.203. The highest BCUT2D eigenvalue weighted by molar-refractivity contribution is 8.01. The topological polar surface area (TPSA) is 101 Å². The fourth-order valence-corrected chi connectivity index (χ4v) is 0.635. The predicted molar refractivity (Wildman–Crippen MR) is 48.7 cm³/mol. The smallest absolute Gasteiger partial charge is 0.329 e. The van der Waals surface area contributed by atoms with Gasteiger partial charge in [-0.2, -0.15) is 8.42 Å². The SMILES string of the molecule is C=C(C)C(=O)NC=CC(=O)S(=O)(=O)O. The Kier molecular flexibility index (Phi) is 4.19. The third kappa shape index (κ3) is 4.53. The number of nitrogens with one attached hydrogen (secondary N) is 1. The van der Waals surface area contributed by atoms with Crippen LogP contribution in [0.15, 0.2) is 24.4 Å². The third-order valence-electron chi connectivity index (χ3n) is 1.08. The molecule has 0 atom stereocenters. The molecule has 0 aromatic rings. The molecule has 0 saturated heterocycles. The van der Waals surface area contributed by atoms with Gasteiger partial charge in [-0.25, -0.2) is 0 Å². The molecular formula is C7H9NO5S. The van der Waals surface area contributed by atoms with Crippen molar-refractivity contribution in [3.05, 3.63) is 24.4 Å². The molecule has 1 amide bonds. The molecule has 0 spiro atoms. The van der Waals surface area contributed by atoms with Crippen LogP contribution < -0.4 is 5.32 Å². The molecule has 0 aliphatic heterocycles. The number of carbonyl (C=O) groups excluding carboxylic acids is 2. The molecule has 0 aliphatic carbocycles. The van der Waals surface area contributed by atoms with Gasteiger partial charge in [-0.15, -0.1) is 0 Å². The van der Waals surface area contributed by atoms with Crippen molar-refractivity contribution in [2.45, 2.75) is 6.92 Å². The maximum atomic E-state index is 10.8. The van der Waals surface area contributed by atoms with Crippen LogP contribution in [0.25, 0.3) is 0 Å². The van der Waals surface area contributed by atoms with E-state index in [4.69, 9.17) is 4.55 Å². The summed E-state index contributed by atoms with van der Waals surface area (Å²) < 4.78 is 28.5. The lowest BCUT2D eigenvalue weighted by Gasteiger charge is -1.95. The van der Waals surface area contributed by atoms with Crippen molar-refractivity contribution >= 4 is 21.1 Å². The maximum absolute atomic E-state index is 10.8. The highest BCUT2D eigenvalue weighted by Crippen LogP contribution is 1.88. The zero-order valence-corrected chi connectivity index (χ0v) is 8.17. The molecule has 0 fully saturated rings. The summed E-state index contributed by atoms with van der Waals surface area (Å²) in [6.07, 6.45) is 1.34. The molecule has 0 saturated carbocycles. The van der Waals surface area contributed by atoms with Gasteiger partial charge in [0.1, 0.15) is 0 Å². The van der Waals surface area contributed by atoms with Crippen LogP contribution in [0.3, 0.4) is 0 Å². The van der Waals surface area contributed by atoms with Crippen LogP contribution in [0, 0.1) is 0 Å². The summed E-state index contributed by atoms with van der Waals surface area (Å²) in [6, 6.07) is 0. The normalized spacial score (nSPS) is 11.3. The average Bonchev–Trinajstić information content (AvgIpc) is 2.01. The lowest BCUT2D eigenvalue weighted by molar-refractivity contribution is -0.116. The number of hydrogen-bond acceptors (Lipinski definition) is 4. The van der Waals surface area contributed by atoms with Crippen molar-refractivity contribution in [3.63, 3.8) is 0 Å². The van der Waals surface area contributed by atoms with Gasteiger partial charge in [-0.05, 0) is 6.92 Å². The summed E-state index contributed by atoms with van der Waals surface area (Å²) >= 11 is 0. The first kappa shape index (κ1) is 12.5. The first-order valence-corrected chi connectivity index (χ1v) is 4.83. The van der Waals surface area contributed by atoms with E-state index in [1.54, 1.807) is 0 Å². The lowest BCUT2D eigenvalue weighted by atomic mass is 10.3. The van der Waals surface area contributed by atoms with Gasteiger partial charge in [0.25, 0.3) is 5.12 Å². The Labute approximate surface area is 81.1 Å². The molecule has 7 heteroatoms. The molecule has 14 heavy (non-hydrogen) atoms. The van der Waals surface area contributed by atoms with E-state index >= 15 is 0 Å². The third-order valence-corrected chi connectivity index (χ3v) is 1.72. The maximum Gasteiger partial charge on any atom is 0.332 e. The van der Waals surface area contributed by atoms with E-state index < -0.39 is 21.1 Å². The summed E-state index contributed by atoms with van der Waals surface area (Å²) in [5.74, 6) is -0.551. The fourth-order valence-electron chi connectivity index (χ4n) is 0.395. The summed E-state index contributed by atoms with van der Waals surface area (Å²) in [7, 11) is -4.72. The first-order valence-electron chi connectivity index (χ1n) is 3.39. The van der Waals surface area contributed by atoms with Gasteiger partial charge in [0.15, 0.2) is 0 Å². The Balaban J connectivity index is 4.30. The van der Waals surface area contributed by atoms with Crippen LogP contribution in [0.2, 0.25) is 0 Å². The molecule has 2 N–H and O–H groups in total.